The number of carboxylic acids is 1. The summed E-state index contributed by atoms with van der Waals surface area (Å²) in [5.74, 6) is -0.713. The van der Waals surface area contributed by atoms with Crippen LogP contribution in [0.2, 0.25) is 0 Å². The molecule has 60 valence electrons. The van der Waals surface area contributed by atoms with Gasteiger partial charge in [-0.05, 0) is 0 Å². The molecule has 1 heterocycles. The van der Waals surface area contributed by atoms with Gasteiger partial charge in [-0.15, -0.1) is 0 Å². The fraction of sp³-hybridized carbons (Fsp3) is 0.200. The van der Waals surface area contributed by atoms with E-state index in [4.69, 9.17) is 16.6 Å². The number of anilines is 2. The Morgan fingerprint density at radius 3 is 2.64 bits per heavy atom. The summed E-state index contributed by atoms with van der Waals surface area (Å²) in [6, 6.07) is 0. The maximum Gasteiger partial charge on any atom is 0.308 e. The van der Waals surface area contributed by atoms with Crippen LogP contribution >= 0.6 is 11.3 Å². The SMILES string of the molecule is Nc1nc(N)c(CC(=O)O)s1. The third-order valence-corrected chi connectivity index (χ3v) is 1.96. The third kappa shape index (κ3) is 1.81. The molecule has 0 aromatic carbocycles. The molecule has 6 heteroatoms. The lowest BCUT2D eigenvalue weighted by atomic mass is 10.4. The second kappa shape index (κ2) is 2.75. The molecule has 0 saturated heterocycles. The van der Waals surface area contributed by atoms with Crippen molar-refractivity contribution in [2.45, 2.75) is 6.42 Å². The van der Waals surface area contributed by atoms with Gasteiger partial charge in [-0.25, -0.2) is 4.98 Å². The van der Waals surface area contributed by atoms with Crippen molar-refractivity contribution in [1.29, 1.82) is 0 Å². The second-order valence-corrected chi connectivity index (χ2v) is 3.05. The lowest BCUT2D eigenvalue weighted by Gasteiger charge is -1.89. The van der Waals surface area contributed by atoms with E-state index in [9.17, 15) is 4.79 Å². The Morgan fingerprint density at radius 1 is 1.64 bits per heavy atom. The van der Waals surface area contributed by atoms with Crippen molar-refractivity contribution < 1.29 is 9.90 Å². The maximum atomic E-state index is 10.2. The molecule has 0 saturated carbocycles. The maximum absolute atomic E-state index is 10.2. The van der Waals surface area contributed by atoms with Gasteiger partial charge in [-0.1, -0.05) is 11.3 Å². The number of nitrogen functional groups attached to an aromatic ring is 2. The molecule has 0 aliphatic rings. The van der Waals surface area contributed by atoms with Crippen LogP contribution in [0.25, 0.3) is 0 Å². The van der Waals surface area contributed by atoms with Crippen LogP contribution < -0.4 is 11.5 Å². The van der Waals surface area contributed by atoms with Gasteiger partial charge in [0.15, 0.2) is 5.13 Å². The molecule has 0 bridgehead atoms. The molecule has 0 radical (unpaired) electrons. The van der Waals surface area contributed by atoms with E-state index in [0.29, 0.717) is 10.0 Å². The van der Waals surface area contributed by atoms with Crippen LogP contribution in [0.3, 0.4) is 0 Å². The van der Waals surface area contributed by atoms with Crippen molar-refractivity contribution in [3.05, 3.63) is 4.88 Å². The molecular weight excluding hydrogens is 166 g/mol. The summed E-state index contributed by atoms with van der Waals surface area (Å²) in [5, 5.41) is 8.69. The van der Waals surface area contributed by atoms with Crippen LogP contribution in [0.4, 0.5) is 10.9 Å². The van der Waals surface area contributed by atoms with Gasteiger partial charge >= 0.3 is 5.97 Å². The van der Waals surface area contributed by atoms with E-state index < -0.39 is 5.97 Å². The molecule has 1 aromatic heterocycles. The summed E-state index contributed by atoms with van der Waals surface area (Å²) < 4.78 is 0. The molecule has 5 nitrogen and oxygen atoms in total. The number of hydrogen-bond donors (Lipinski definition) is 3. The smallest absolute Gasteiger partial charge is 0.308 e. The van der Waals surface area contributed by atoms with E-state index in [-0.39, 0.29) is 12.2 Å². The number of rotatable bonds is 2. The molecule has 0 atom stereocenters. The van der Waals surface area contributed by atoms with Gasteiger partial charge in [0.05, 0.1) is 11.3 Å². The highest BCUT2D eigenvalue weighted by molar-refractivity contribution is 7.16. The Labute approximate surface area is 66.7 Å². The summed E-state index contributed by atoms with van der Waals surface area (Å²) in [5.41, 5.74) is 10.6. The number of nitrogens with two attached hydrogens (primary N) is 2. The molecule has 0 unspecified atom stereocenters. The minimum Gasteiger partial charge on any atom is -0.481 e. The Balaban J connectivity index is 2.85. The van der Waals surface area contributed by atoms with E-state index in [1.165, 1.54) is 0 Å². The zero-order valence-corrected chi connectivity index (χ0v) is 6.39. The summed E-state index contributed by atoms with van der Waals surface area (Å²) in [6.07, 6.45) is -0.110. The number of thiazole rings is 1. The van der Waals surface area contributed by atoms with Gasteiger partial charge in [0.1, 0.15) is 5.82 Å². The largest absolute Gasteiger partial charge is 0.481 e. The Morgan fingerprint density at radius 2 is 2.27 bits per heavy atom. The van der Waals surface area contributed by atoms with Crippen LogP contribution in [0, 0.1) is 0 Å². The highest BCUT2D eigenvalue weighted by atomic mass is 32.1. The van der Waals surface area contributed by atoms with E-state index in [1.54, 1.807) is 0 Å². The molecule has 5 N–H and O–H groups in total. The highest BCUT2D eigenvalue weighted by Gasteiger charge is 2.09. The Bertz CT molecular complexity index is 283. The van der Waals surface area contributed by atoms with Gasteiger partial charge in [0.25, 0.3) is 0 Å². The Kier molecular flexibility index (Phi) is 1.95. The highest BCUT2D eigenvalue weighted by Crippen LogP contribution is 2.22. The lowest BCUT2D eigenvalue weighted by molar-refractivity contribution is -0.136. The van der Waals surface area contributed by atoms with Gasteiger partial charge in [0, 0.05) is 0 Å². The van der Waals surface area contributed by atoms with Crippen molar-refractivity contribution in [2.24, 2.45) is 0 Å². The zero-order valence-electron chi connectivity index (χ0n) is 5.57. The molecule has 1 rings (SSSR count). The number of carboxylic acid groups (broad SMARTS) is 1. The van der Waals surface area contributed by atoms with Gasteiger partial charge in [0.2, 0.25) is 0 Å². The van der Waals surface area contributed by atoms with Gasteiger partial charge < -0.3 is 16.6 Å². The summed E-state index contributed by atoms with van der Waals surface area (Å²) >= 11 is 1.10. The van der Waals surface area contributed by atoms with Crippen LogP contribution in [-0.4, -0.2) is 16.1 Å². The van der Waals surface area contributed by atoms with Crippen molar-refractivity contribution in [3.63, 3.8) is 0 Å². The third-order valence-electron chi connectivity index (χ3n) is 1.06. The molecule has 1 aromatic rings. The fourth-order valence-corrected chi connectivity index (χ4v) is 1.39. The number of hydrogen-bond acceptors (Lipinski definition) is 5. The van der Waals surface area contributed by atoms with Crippen molar-refractivity contribution >= 4 is 28.3 Å². The standard InChI is InChI=1S/C5H7N3O2S/c6-4-2(1-3(9)10)11-5(7)8-4/h1,6H2,(H2,7,8)(H,9,10). The quantitative estimate of drug-likeness (QED) is 0.581. The minimum atomic E-state index is -0.930. The zero-order chi connectivity index (χ0) is 8.43. The summed E-state index contributed by atoms with van der Waals surface area (Å²) in [7, 11) is 0. The molecule has 0 aliphatic carbocycles. The van der Waals surface area contributed by atoms with Crippen LogP contribution in [-0.2, 0) is 11.2 Å². The van der Waals surface area contributed by atoms with Crippen molar-refractivity contribution in [1.82, 2.24) is 4.98 Å². The second-order valence-electron chi connectivity index (χ2n) is 1.93. The van der Waals surface area contributed by atoms with Crippen LogP contribution in [0.1, 0.15) is 4.88 Å². The van der Waals surface area contributed by atoms with E-state index in [0.717, 1.165) is 11.3 Å². The first-order valence-corrected chi connectivity index (χ1v) is 3.63. The number of carbonyl (C=O) groups is 1. The normalized spacial score (nSPS) is 9.82. The van der Waals surface area contributed by atoms with Gasteiger partial charge in [-0.3, -0.25) is 4.79 Å². The summed E-state index contributed by atoms with van der Waals surface area (Å²) in [6.45, 7) is 0. The van der Waals surface area contributed by atoms with Crippen LogP contribution in [0.5, 0.6) is 0 Å². The average Bonchev–Trinajstić information content (AvgIpc) is 2.09. The first kappa shape index (κ1) is 7.80. The predicted octanol–water partition coefficient (Wildman–Crippen LogP) is -0.0654. The Hall–Kier alpha value is -1.30. The molecular formula is C5H7N3O2S. The molecule has 0 amide bonds. The van der Waals surface area contributed by atoms with Crippen molar-refractivity contribution in [3.8, 4) is 0 Å². The van der Waals surface area contributed by atoms with E-state index in [2.05, 4.69) is 4.98 Å². The lowest BCUT2D eigenvalue weighted by Crippen LogP contribution is -2.00. The predicted molar refractivity (Wildman–Crippen MR) is 42.3 cm³/mol. The molecule has 0 spiro atoms. The van der Waals surface area contributed by atoms with Crippen LogP contribution in [0.15, 0.2) is 0 Å². The first-order valence-electron chi connectivity index (χ1n) is 2.82. The molecule has 0 aliphatic heterocycles. The summed E-state index contributed by atoms with van der Waals surface area (Å²) in [4.78, 5) is 14.4. The molecule has 11 heavy (non-hydrogen) atoms. The average molecular weight is 173 g/mol. The monoisotopic (exact) mass is 173 g/mol. The van der Waals surface area contributed by atoms with Gasteiger partial charge in [-0.2, -0.15) is 0 Å². The minimum absolute atomic E-state index is 0.110. The fourth-order valence-electron chi connectivity index (χ4n) is 0.646. The topological polar surface area (TPSA) is 102 Å². The number of nitrogens with zero attached hydrogens (tertiary/aromatic N) is 1. The molecule has 0 fully saturated rings. The van der Waals surface area contributed by atoms with E-state index >= 15 is 0 Å². The van der Waals surface area contributed by atoms with Crippen molar-refractivity contribution in [2.75, 3.05) is 11.5 Å². The first-order chi connectivity index (χ1) is 5.09. The van der Waals surface area contributed by atoms with E-state index in [1.807, 2.05) is 0 Å². The number of aromatic nitrogens is 1. The number of aliphatic carboxylic acids is 1.